The van der Waals surface area contributed by atoms with E-state index in [1.807, 2.05) is 31.2 Å². The summed E-state index contributed by atoms with van der Waals surface area (Å²) in [4.78, 5) is 10.7. The summed E-state index contributed by atoms with van der Waals surface area (Å²) in [6.45, 7) is 2.58. The van der Waals surface area contributed by atoms with Crippen LogP contribution in [0.1, 0.15) is 21.5 Å². The third kappa shape index (κ3) is 3.29. The Morgan fingerprint density at radius 3 is 2.80 bits per heavy atom. The fourth-order valence-corrected chi connectivity index (χ4v) is 1.73. The monoisotopic (exact) mass is 268 g/mol. The molecule has 0 N–H and O–H groups in total. The van der Waals surface area contributed by atoms with Gasteiger partial charge in [-0.05, 0) is 30.2 Å². The van der Waals surface area contributed by atoms with Crippen LogP contribution in [-0.4, -0.2) is 20.0 Å². The molecule has 0 aliphatic heterocycles. The molecule has 0 heterocycles. The quantitative estimate of drug-likeness (QED) is 0.784. The second-order valence-corrected chi connectivity index (χ2v) is 4.05. The first-order chi connectivity index (χ1) is 7.19. The highest BCUT2D eigenvalue weighted by molar-refractivity contribution is 9.10. The number of aldehydes is 1. The van der Waals surface area contributed by atoms with E-state index in [2.05, 4.69) is 15.9 Å². The maximum absolute atomic E-state index is 10.7. The summed E-state index contributed by atoms with van der Waals surface area (Å²) in [5, 5.41) is 0. The molecule has 3 heteroatoms. The van der Waals surface area contributed by atoms with Crippen molar-refractivity contribution in [2.75, 3.05) is 13.7 Å². The molecule has 15 heavy (non-hydrogen) atoms. The van der Waals surface area contributed by atoms with Crippen LogP contribution in [0.5, 0.6) is 0 Å². The predicted molar refractivity (Wildman–Crippen MR) is 65.2 cm³/mol. The average molecular weight is 269 g/mol. The fourth-order valence-electron chi connectivity index (χ4n) is 1.23. The molecule has 0 aliphatic rings. The van der Waals surface area contributed by atoms with Gasteiger partial charge in [0.1, 0.15) is 6.29 Å². The topological polar surface area (TPSA) is 26.3 Å². The number of hydrogen-bond acceptors (Lipinski definition) is 2. The summed E-state index contributed by atoms with van der Waals surface area (Å²) >= 11 is 3.42. The molecule has 1 rings (SSSR count). The minimum Gasteiger partial charge on any atom is -0.381 e. The van der Waals surface area contributed by atoms with Crippen molar-refractivity contribution in [1.29, 1.82) is 0 Å². The molecule has 0 fully saturated rings. The zero-order valence-electron chi connectivity index (χ0n) is 8.79. The lowest BCUT2D eigenvalue weighted by atomic mass is 10.1. The van der Waals surface area contributed by atoms with E-state index in [-0.39, 0.29) is 0 Å². The smallest absolute Gasteiger partial charge is 0.150 e. The Balaban J connectivity index is 3.04. The summed E-state index contributed by atoms with van der Waals surface area (Å²) in [7, 11) is 1.65. The van der Waals surface area contributed by atoms with Gasteiger partial charge in [-0.1, -0.05) is 28.1 Å². The molecule has 0 spiro atoms. The van der Waals surface area contributed by atoms with Gasteiger partial charge < -0.3 is 4.74 Å². The number of carbonyl (C=O) groups is 1. The van der Waals surface area contributed by atoms with Crippen LogP contribution in [-0.2, 0) is 4.74 Å². The summed E-state index contributed by atoms with van der Waals surface area (Å²) in [5.74, 6) is 0. The Bertz CT molecular complexity index is 383. The maximum atomic E-state index is 10.7. The molecule has 0 aliphatic carbocycles. The normalized spacial score (nSPS) is 10.9. The van der Waals surface area contributed by atoms with E-state index in [1.165, 1.54) is 0 Å². The maximum Gasteiger partial charge on any atom is 0.150 e. The van der Waals surface area contributed by atoms with Gasteiger partial charge in [0, 0.05) is 17.1 Å². The van der Waals surface area contributed by atoms with Crippen molar-refractivity contribution in [3.8, 4) is 0 Å². The predicted octanol–water partition coefficient (Wildman–Crippen LogP) is 3.23. The first-order valence-corrected chi connectivity index (χ1v) is 5.39. The Labute approximate surface area is 98.1 Å². The fraction of sp³-hybridized carbons (Fsp3) is 0.250. The third-order valence-corrected chi connectivity index (χ3v) is 2.93. The van der Waals surface area contributed by atoms with E-state index >= 15 is 0 Å². The number of hydrogen-bond donors (Lipinski definition) is 0. The zero-order valence-corrected chi connectivity index (χ0v) is 10.4. The SMILES string of the molecule is COCC=Cc1cc(C=O)cc(Br)c1C. The lowest BCUT2D eigenvalue weighted by Gasteiger charge is -2.04. The van der Waals surface area contributed by atoms with Crippen molar-refractivity contribution in [2.24, 2.45) is 0 Å². The molecule has 2 nitrogen and oxygen atoms in total. The minimum atomic E-state index is 0.572. The number of carbonyl (C=O) groups excluding carboxylic acids is 1. The number of ether oxygens (including phenoxy) is 1. The van der Waals surface area contributed by atoms with Gasteiger partial charge in [-0.3, -0.25) is 4.79 Å². The summed E-state index contributed by atoms with van der Waals surface area (Å²) in [5.41, 5.74) is 2.82. The van der Waals surface area contributed by atoms with Gasteiger partial charge >= 0.3 is 0 Å². The number of benzene rings is 1. The largest absolute Gasteiger partial charge is 0.381 e. The summed E-state index contributed by atoms with van der Waals surface area (Å²) < 4.78 is 5.87. The Kier molecular flexibility index (Phi) is 4.72. The van der Waals surface area contributed by atoms with E-state index in [0.717, 1.165) is 21.9 Å². The van der Waals surface area contributed by atoms with Crippen molar-refractivity contribution >= 4 is 28.3 Å². The van der Waals surface area contributed by atoms with Crippen LogP contribution in [0.15, 0.2) is 22.7 Å². The standard InChI is InChI=1S/C12H13BrO2/c1-9-11(4-3-5-15-2)6-10(8-14)7-12(9)13/h3-4,6-8H,5H2,1-2H3. The lowest BCUT2D eigenvalue weighted by molar-refractivity contribution is 0.112. The van der Waals surface area contributed by atoms with Gasteiger partial charge in [0.15, 0.2) is 0 Å². The van der Waals surface area contributed by atoms with E-state index < -0.39 is 0 Å². The minimum absolute atomic E-state index is 0.572. The van der Waals surface area contributed by atoms with Crippen LogP contribution in [0.2, 0.25) is 0 Å². The molecular weight excluding hydrogens is 256 g/mol. The molecule has 0 atom stereocenters. The molecule has 1 aromatic rings. The van der Waals surface area contributed by atoms with Gasteiger partial charge in [-0.25, -0.2) is 0 Å². The lowest BCUT2D eigenvalue weighted by Crippen LogP contribution is -1.89. The highest BCUT2D eigenvalue weighted by atomic mass is 79.9. The first kappa shape index (κ1) is 12.1. The van der Waals surface area contributed by atoms with Crippen molar-refractivity contribution in [1.82, 2.24) is 0 Å². The molecule has 0 saturated heterocycles. The van der Waals surface area contributed by atoms with Crippen LogP contribution in [0.25, 0.3) is 6.08 Å². The van der Waals surface area contributed by atoms with Gasteiger partial charge in [0.25, 0.3) is 0 Å². The van der Waals surface area contributed by atoms with Crippen LogP contribution < -0.4 is 0 Å². The Hall–Kier alpha value is -0.930. The van der Waals surface area contributed by atoms with Gasteiger partial charge in [0.05, 0.1) is 6.61 Å². The third-order valence-electron chi connectivity index (χ3n) is 2.10. The second-order valence-electron chi connectivity index (χ2n) is 3.19. The zero-order chi connectivity index (χ0) is 11.3. The van der Waals surface area contributed by atoms with Crippen molar-refractivity contribution in [2.45, 2.75) is 6.92 Å². The molecular formula is C12H13BrO2. The number of halogens is 1. The Morgan fingerprint density at radius 2 is 2.20 bits per heavy atom. The molecule has 80 valence electrons. The highest BCUT2D eigenvalue weighted by Gasteiger charge is 2.02. The van der Waals surface area contributed by atoms with E-state index in [1.54, 1.807) is 7.11 Å². The number of rotatable bonds is 4. The van der Waals surface area contributed by atoms with Crippen LogP contribution in [0.3, 0.4) is 0 Å². The van der Waals surface area contributed by atoms with E-state index in [0.29, 0.717) is 12.2 Å². The van der Waals surface area contributed by atoms with Crippen LogP contribution in [0.4, 0.5) is 0 Å². The highest BCUT2D eigenvalue weighted by Crippen LogP contribution is 2.22. The molecule has 0 amide bonds. The Morgan fingerprint density at radius 1 is 1.47 bits per heavy atom. The van der Waals surface area contributed by atoms with Crippen molar-refractivity contribution < 1.29 is 9.53 Å². The van der Waals surface area contributed by atoms with E-state index in [9.17, 15) is 4.79 Å². The molecule has 0 unspecified atom stereocenters. The average Bonchev–Trinajstić information content (AvgIpc) is 2.24. The van der Waals surface area contributed by atoms with Crippen LogP contribution in [0, 0.1) is 6.92 Å². The first-order valence-electron chi connectivity index (χ1n) is 4.60. The van der Waals surface area contributed by atoms with Gasteiger partial charge in [0.2, 0.25) is 0 Å². The van der Waals surface area contributed by atoms with Gasteiger partial charge in [-0.2, -0.15) is 0 Å². The molecule has 0 aromatic heterocycles. The molecule has 1 aromatic carbocycles. The van der Waals surface area contributed by atoms with Gasteiger partial charge in [-0.15, -0.1) is 0 Å². The summed E-state index contributed by atoms with van der Waals surface area (Å²) in [6, 6.07) is 3.68. The number of methoxy groups -OCH3 is 1. The summed E-state index contributed by atoms with van der Waals surface area (Å²) in [6.07, 6.45) is 4.72. The van der Waals surface area contributed by atoms with E-state index in [4.69, 9.17) is 4.74 Å². The molecule has 0 bridgehead atoms. The molecule has 0 saturated carbocycles. The molecule has 0 radical (unpaired) electrons. The van der Waals surface area contributed by atoms with Crippen molar-refractivity contribution in [3.05, 3.63) is 39.4 Å². The second kappa shape index (κ2) is 5.83. The van der Waals surface area contributed by atoms with Crippen molar-refractivity contribution in [3.63, 3.8) is 0 Å². The van der Waals surface area contributed by atoms with Crippen LogP contribution >= 0.6 is 15.9 Å².